The summed E-state index contributed by atoms with van der Waals surface area (Å²) in [4.78, 5) is 11.7. The molecule has 0 aromatic heterocycles. The lowest BCUT2D eigenvalue weighted by atomic mass is 10.1. The lowest BCUT2D eigenvalue weighted by molar-refractivity contribution is 0.0956. The van der Waals surface area contributed by atoms with E-state index in [1.807, 2.05) is 37.3 Å². The molecule has 0 unspecified atom stereocenters. The van der Waals surface area contributed by atoms with Gasteiger partial charge in [-0.1, -0.05) is 23.7 Å². The molecule has 4 nitrogen and oxygen atoms in total. The third kappa shape index (κ3) is 4.13. The largest absolute Gasteiger partial charge is 0.397 e. The van der Waals surface area contributed by atoms with Crippen molar-refractivity contribution < 1.29 is 4.79 Å². The maximum Gasteiger partial charge on any atom is 0.251 e. The van der Waals surface area contributed by atoms with Gasteiger partial charge in [0.25, 0.3) is 5.91 Å². The van der Waals surface area contributed by atoms with Crippen LogP contribution in [-0.2, 0) is 6.54 Å². The molecule has 0 saturated carbocycles. The number of nitrogen functional groups attached to an aromatic ring is 1. The van der Waals surface area contributed by atoms with Crippen LogP contribution >= 0.6 is 11.6 Å². The topological polar surface area (TPSA) is 67.2 Å². The van der Waals surface area contributed by atoms with E-state index in [4.69, 9.17) is 17.3 Å². The number of hydrogen-bond donors (Lipinski definition) is 3. The molecule has 2 aromatic carbocycles. The number of rotatable bonds is 5. The van der Waals surface area contributed by atoms with Crippen LogP contribution in [0, 0.1) is 0 Å². The summed E-state index contributed by atoms with van der Waals surface area (Å²) < 4.78 is 0. The van der Waals surface area contributed by atoms with Crippen molar-refractivity contribution in [3.63, 3.8) is 0 Å². The van der Waals surface area contributed by atoms with Crippen molar-refractivity contribution in [3.8, 4) is 0 Å². The maximum absolute atomic E-state index is 11.7. The van der Waals surface area contributed by atoms with E-state index in [1.54, 1.807) is 12.1 Å². The van der Waals surface area contributed by atoms with Gasteiger partial charge in [0.1, 0.15) is 0 Å². The van der Waals surface area contributed by atoms with Gasteiger partial charge in [-0.25, -0.2) is 0 Å². The summed E-state index contributed by atoms with van der Waals surface area (Å²) in [7, 11) is 0. The monoisotopic (exact) mass is 303 g/mol. The van der Waals surface area contributed by atoms with Crippen LogP contribution < -0.4 is 16.4 Å². The van der Waals surface area contributed by atoms with E-state index in [2.05, 4.69) is 10.6 Å². The summed E-state index contributed by atoms with van der Waals surface area (Å²) in [6, 6.07) is 12.9. The number of nitrogens with one attached hydrogen (secondary N) is 2. The van der Waals surface area contributed by atoms with Gasteiger partial charge in [0, 0.05) is 23.7 Å². The molecule has 0 bridgehead atoms. The summed E-state index contributed by atoms with van der Waals surface area (Å²) in [5.74, 6) is -0.120. The first-order valence-electron chi connectivity index (χ1n) is 6.76. The molecule has 0 atom stereocenters. The summed E-state index contributed by atoms with van der Waals surface area (Å²) in [6.45, 7) is 3.08. The molecule has 0 aliphatic carbocycles. The summed E-state index contributed by atoms with van der Waals surface area (Å²) in [6.07, 6.45) is 0. The summed E-state index contributed by atoms with van der Waals surface area (Å²) >= 11 is 5.95. The maximum atomic E-state index is 11.7. The van der Waals surface area contributed by atoms with Gasteiger partial charge in [0.2, 0.25) is 0 Å². The highest BCUT2D eigenvalue weighted by atomic mass is 35.5. The fraction of sp³-hybridized carbons (Fsp3) is 0.188. The van der Waals surface area contributed by atoms with Crippen LogP contribution in [0.1, 0.15) is 22.8 Å². The Bertz CT molecular complexity index is 643. The fourth-order valence-electron chi connectivity index (χ4n) is 1.97. The molecular formula is C16H18ClN3O. The van der Waals surface area contributed by atoms with Crippen molar-refractivity contribution in [2.24, 2.45) is 0 Å². The normalized spacial score (nSPS) is 10.2. The minimum absolute atomic E-state index is 0.120. The Labute approximate surface area is 129 Å². The summed E-state index contributed by atoms with van der Waals surface area (Å²) in [5.41, 5.74) is 8.94. The molecule has 2 aromatic rings. The van der Waals surface area contributed by atoms with E-state index in [0.29, 0.717) is 29.4 Å². The number of benzene rings is 2. The number of anilines is 2. The van der Waals surface area contributed by atoms with Gasteiger partial charge in [-0.3, -0.25) is 4.79 Å². The molecule has 0 spiro atoms. The van der Waals surface area contributed by atoms with Gasteiger partial charge in [-0.05, 0) is 42.8 Å². The van der Waals surface area contributed by atoms with Gasteiger partial charge in [-0.15, -0.1) is 0 Å². The second kappa shape index (κ2) is 6.99. The molecule has 0 radical (unpaired) electrons. The average molecular weight is 304 g/mol. The molecule has 1 amide bonds. The molecule has 2 rings (SSSR count). The molecular weight excluding hydrogens is 286 g/mol. The van der Waals surface area contributed by atoms with E-state index in [9.17, 15) is 4.79 Å². The van der Waals surface area contributed by atoms with Gasteiger partial charge in [0.05, 0.1) is 11.4 Å². The second-order valence-corrected chi connectivity index (χ2v) is 5.08. The van der Waals surface area contributed by atoms with Crippen molar-refractivity contribution >= 4 is 28.9 Å². The Kier molecular flexibility index (Phi) is 5.06. The number of halogens is 1. The quantitative estimate of drug-likeness (QED) is 0.743. The molecule has 0 saturated heterocycles. The number of carbonyl (C=O) groups is 1. The lowest BCUT2D eigenvalue weighted by Crippen LogP contribution is -2.22. The molecule has 21 heavy (non-hydrogen) atoms. The third-order valence-electron chi connectivity index (χ3n) is 3.02. The first kappa shape index (κ1) is 15.2. The van der Waals surface area contributed by atoms with Gasteiger partial charge >= 0.3 is 0 Å². The van der Waals surface area contributed by atoms with Crippen LogP contribution in [0.15, 0.2) is 42.5 Å². The standard InChI is InChI=1S/C16H18ClN3O/c1-2-19-16(21)12-6-7-15(14(18)9-12)20-10-11-4-3-5-13(17)8-11/h3-9,20H,2,10,18H2,1H3,(H,19,21). The lowest BCUT2D eigenvalue weighted by Gasteiger charge is -2.11. The van der Waals surface area contributed by atoms with Crippen molar-refractivity contribution in [3.05, 3.63) is 58.6 Å². The summed E-state index contributed by atoms with van der Waals surface area (Å²) in [5, 5.41) is 6.68. The SMILES string of the molecule is CCNC(=O)c1ccc(NCc2cccc(Cl)c2)c(N)c1. The van der Waals surface area contributed by atoms with E-state index in [1.165, 1.54) is 0 Å². The predicted octanol–water partition coefficient (Wildman–Crippen LogP) is 3.28. The molecule has 0 fully saturated rings. The van der Waals surface area contributed by atoms with Crippen molar-refractivity contribution in [1.82, 2.24) is 5.32 Å². The number of carbonyl (C=O) groups excluding carboxylic acids is 1. The highest BCUT2D eigenvalue weighted by Gasteiger charge is 2.07. The highest BCUT2D eigenvalue weighted by Crippen LogP contribution is 2.21. The first-order valence-corrected chi connectivity index (χ1v) is 7.14. The number of nitrogens with two attached hydrogens (primary N) is 1. The van der Waals surface area contributed by atoms with Crippen LogP contribution in [-0.4, -0.2) is 12.5 Å². The molecule has 110 valence electrons. The Hall–Kier alpha value is -2.20. The Morgan fingerprint density at radius 3 is 2.71 bits per heavy atom. The molecule has 0 aliphatic heterocycles. The van der Waals surface area contributed by atoms with Crippen LogP contribution in [0.5, 0.6) is 0 Å². The first-order chi connectivity index (χ1) is 10.1. The third-order valence-corrected chi connectivity index (χ3v) is 3.26. The predicted molar refractivity (Wildman–Crippen MR) is 87.6 cm³/mol. The Morgan fingerprint density at radius 2 is 2.05 bits per heavy atom. The van der Waals surface area contributed by atoms with E-state index < -0.39 is 0 Å². The average Bonchev–Trinajstić information content (AvgIpc) is 2.46. The van der Waals surface area contributed by atoms with Gasteiger partial charge < -0.3 is 16.4 Å². The zero-order valence-corrected chi connectivity index (χ0v) is 12.6. The number of amides is 1. The van der Waals surface area contributed by atoms with Crippen molar-refractivity contribution in [2.45, 2.75) is 13.5 Å². The van der Waals surface area contributed by atoms with E-state index >= 15 is 0 Å². The van der Waals surface area contributed by atoms with Crippen LogP contribution in [0.4, 0.5) is 11.4 Å². The zero-order chi connectivity index (χ0) is 15.2. The van der Waals surface area contributed by atoms with Gasteiger partial charge in [-0.2, -0.15) is 0 Å². The molecule has 5 heteroatoms. The van der Waals surface area contributed by atoms with Crippen molar-refractivity contribution in [2.75, 3.05) is 17.6 Å². The second-order valence-electron chi connectivity index (χ2n) is 4.64. The fourth-order valence-corrected chi connectivity index (χ4v) is 2.18. The van der Waals surface area contributed by atoms with Gasteiger partial charge in [0.15, 0.2) is 0 Å². The van der Waals surface area contributed by atoms with E-state index in [-0.39, 0.29) is 5.91 Å². The van der Waals surface area contributed by atoms with E-state index in [0.717, 1.165) is 11.3 Å². The smallest absolute Gasteiger partial charge is 0.251 e. The van der Waals surface area contributed by atoms with Crippen LogP contribution in [0.2, 0.25) is 5.02 Å². The van der Waals surface area contributed by atoms with Crippen LogP contribution in [0.3, 0.4) is 0 Å². The Balaban J connectivity index is 2.06. The Morgan fingerprint density at radius 1 is 1.24 bits per heavy atom. The van der Waals surface area contributed by atoms with Crippen LogP contribution in [0.25, 0.3) is 0 Å². The zero-order valence-electron chi connectivity index (χ0n) is 11.8. The minimum atomic E-state index is -0.120. The number of hydrogen-bond acceptors (Lipinski definition) is 3. The molecule has 0 aliphatic rings. The minimum Gasteiger partial charge on any atom is -0.397 e. The van der Waals surface area contributed by atoms with Crippen molar-refractivity contribution in [1.29, 1.82) is 0 Å². The molecule has 0 heterocycles. The molecule has 4 N–H and O–H groups in total. The highest BCUT2D eigenvalue weighted by molar-refractivity contribution is 6.30.